The minimum atomic E-state index is 0.0745. The highest BCUT2D eigenvalue weighted by Gasteiger charge is 2.06. The number of aryl methyl sites for hydroxylation is 1. The molecule has 0 spiro atoms. The van der Waals surface area contributed by atoms with Crippen LogP contribution in [0.4, 0.5) is 5.69 Å². The largest absolute Gasteiger partial charge is 0.326 e. The Hall–Kier alpha value is -1.45. The molecule has 2 aromatic carbocycles. The molecule has 1 amide bonds. The molecule has 0 aliphatic rings. The van der Waals surface area contributed by atoms with E-state index >= 15 is 0 Å². The third kappa shape index (κ3) is 5.08. The van der Waals surface area contributed by atoms with Gasteiger partial charge in [0, 0.05) is 22.0 Å². The van der Waals surface area contributed by atoms with Crippen molar-refractivity contribution in [3.8, 4) is 0 Å². The standard InChI is InChI=1S/C18H20ClNOS/c1-13-5-3-6-17(14(13)2)20-18(21)7-4-12-22-16-10-8-15(19)9-11-16/h3,5-6,8-11H,4,7,12H2,1-2H3,(H,20,21). The van der Waals surface area contributed by atoms with E-state index in [-0.39, 0.29) is 5.91 Å². The van der Waals surface area contributed by atoms with Crippen LogP contribution < -0.4 is 5.32 Å². The van der Waals surface area contributed by atoms with Crippen LogP contribution >= 0.6 is 23.4 Å². The lowest BCUT2D eigenvalue weighted by Crippen LogP contribution is -2.12. The van der Waals surface area contributed by atoms with Gasteiger partial charge in [-0.25, -0.2) is 0 Å². The number of thioether (sulfide) groups is 1. The molecule has 0 aliphatic heterocycles. The molecule has 116 valence electrons. The SMILES string of the molecule is Cc1cccc(NC(=O)CCCSc2ccc(Cl)cc2)c1C. The van der Waals surface area contributed by atoms with Crippen LogP contribution in [0, 0.1) is 13.8 Å². The van der Waals surface area contributed by atoms with E-state index in [0.717, 1.165) is 28.4 Å². The molecular weight excluding hydrogens is 314 g/mol. The molecule has 0 aliphatic carbocycles. The molecule has 0 fully saturated rings. The van der Waals surface area contributed by atoms with Crippen molar-refractivity contribution in [2.24, 2.45) is 0 Å². The van der Waals surface area contributed by atoms with Crippen molar-refractivity contribution in [3.05, 3.63) is 58.6 Å². The Labute approximate surface area is 141 Å². The van der Waals surface area contributed by atoms with Gasteiger partial charge in [-0.1, -0.05) is 23.7 Å². The Morgan fingerprint density at radius 1 is 1.14 bits per heavy atom. The third-order valence-corrected chi connectivity index (χ3v) is 4.86. The molecule has 2 nitrogen and oxygen atoms in total. The fourth-order valence-electron chi connectivity index (χ4n) is 2.05. The summed E-state index contributed by atoms with van der Waals surface area (Å²) in [5.74, 6) is 0.993. The van der Waals surface area contributed by atoms with Crippen molar-refractivity contribution in [1.82, 2.24) is 0 Å². The highest BCUT2D eigenvalue weighted by Crippen LogP contribution is 2.22. The van der Waals surface area contributed by atoms with Gasteiger partial charge in [0.05, 0.1) is 0 Å². The number of hydrogen-bond acceptors (Lipinski definition) is 2. The van der Waals surface area contributed by atoms with Crippen LogP contribution in [0.2, 0.25) is 5.02 Å². The summed E-state index contributed by atoms with van der Waals surface area (Å²) in [5.41, 5.74) is 3.23. The van der Waals surface area contributed by atoms with E-state index in [4.69, 9.17) is 11.6 Å². The van der Waals surface area contributed by atoms with Crippen LogP contribution in [0.25, 0.3) is 0 Å². The quantitative estimate of drug-likeness (QED) is 0.561. The van der Waals surface area contributed by atoms with Crippen LogP contribution in [0.1, 0.15) is 24.0 Å². The van der Waals surface area contributed by atoms with Crippen molar-refractivity contribution in [2.45, 2.75) is 31.6 Å². The number of rotatable bonds is 6. The third-order valence-electron chi connectivity index (χ3n) is 3.51. The maximum absolute atomic E-state index is 12.0. The summed E-state index contributed by atoms with van der Waals surface area (Å²) in [7, 11) is 0. The number of hydrogen-bond donors (Lipinski definition) is 1. The molecule has 0 saturated heterocycles. The molecule has 2 rings (SSSR count). The number of anilines is 1. The van der Waals surface area contributed by atoms with Crippen LogP contribution in [0.5, 0.6) is 0 Å². The first kappa shape index (κ1) is 16.9. The van der Waals surface area contributed by atoms with E-state index in [1.54, 1.807) is 11.8 Å². The second kappa shape index (κ2) is 8.25. The first-order valence-electron chi connectivity index (χ1n) is 7.30. The van der Waals surface area contributed by atoms with Gasteiger partial charge in [-0.05, 0) is 67.5 Å². The van der Waals surface area contributed by atoms with E-state index < -0.39 is 0 Å². The number of halogens is 1. The Balaban J connectivity index is 1.74. The average molecular weight is 334 g/mol. The number of nitrogens with one attached hydrogen (secondary N) is 1. The predicted octanol–water partition coefficient (Wildman–Crippen LogP) is 5.47. The van der Waals surface area contributed by atoms with Crippen molar-refractivity contribution in [1.29, 1.82) is 0 Å². The summed E-state index contributed by atoms with van der Waals surface area (Å²) >= 11 is 7.60. The van der Waals surface area contributed by atoms with Crippen molar-refractivity contribution < 1.29 is 4.79 Å². The molecule has 4 heteroatoms. The Morgan fingerprint density at radius 2 is 1.86 bits per heavy atom. The van der Waals surface area contributed by atoms with Gasteiger partial charge in [-0.15, -0.1) is 11.8 Å². The maximum atomic E-state index is 12.0. The zero-order chi connectivity index (χ0) is 15.9. The topological polar surface area (TPSA) is 29.1 Å². The normalized spacial score (nSPS) is 10.5. The van der Waals surface area contributed by atoms with E-state index in [1.807, 2.05) is 56.3 Å². The van der Waals surface area contributed by atoms with Crippen molar-refractivity contribution in [3.63, 3.8) is 0 Å². The molecule has 0 saturated carbocycles. The molecule has 0 aromatic heterocycles. The van der Waals surface area contributed by atoms with Gasteiger partial charge in [-0.3, -0.25) is 4.79 Å². The Kier molecular flexibility index (Phi) is 6.34. The summed E-state index contributed by atoms with van der Waals surface area (Å²) < 4.78 is 0. The van der Waals surface area contributed by atoms with Gasteiger partial charge >= 0.3 is 0 Å². The van der Waals surface area contributed by atoms with Gasteiger partial charge in [-0.2, -0.15) is 0 Å². The second-order valence-electron chi connectivity index (χ2n) is 5.20. The summed E-state index contributed by atoms with van der Waals surface area (Å²) in [6.07, 6.45) is 1.39. The average Bonchev–Trinajstić information content (AvgIpc) is 2.50. The molecule has 0 unspecified atom stereocenters. The summed E-state index contributed by atoms with van der Waals surface area (Å²) in [5, 5.41) is 3.74. The summed E-state index contributed by atoms with van der Waals surface area (Å²) in [4.78, 5) is 13.2. The lowest BCUT2D eigenvalue weighted by Gasteiger charge is -2.10. The Bertz CT molecular complexity index is 640. The molecule has 2 aromatic rings. The lowest BCUT2D eigenvalue weighted by molar-refractivity contribution is -0.116. The summed E-state index contributed by atoms with van der Waals surface area (Å²) in [6, 6.07) is 13.7. The van der Waals surface area contributed by atoms with Gasteiger partial charge < -0.3 is 5.32 Å². The predicted molar refractivity (Wildman–Crippen MR) is 96.0 cm³/mol. The fraction of sp³-hybridized carbons (Fsp3) is 0.278. The van der Waals surface area contributed by atoms with Crippen LogP contribution in [0.3, 0.4) is 0 Å². The van der Waals surface area contributed by atoms with Crippen molar-refractivity contribution >= 4 is 35.0 Å². The smallest absolute Gasteiger partial charge is 0.224 e. The zero-order valence-electron chi connectivity index (χ0n) is 12.9. The van der Waals surface area contributed by atoms with Crippen LogP contribution in [0.15, 0.2) is 47.4 Å². The molecule has 22 heavy (non-hydrogen) atoms. The van der Waals surface area contributed by atoms with Crippen LogP contribution in [-0.2, 0) is 4.79 Å². The molecular formula is C18H20ClNOS. The van der Waals surface area contributed by atoms with Gasteiger partial charge in [0.15, 0.2) is 0 Å². The van der Waals surface area contributed by atoms with E-state index in [0.29, 0.717) is 6.42 Å². The van der Waals surface area contributed by atoms with Gasteiger partial charge in [0.2, 0.25) is 5.91 Å². The van der Waals surface area contributed by atoms with E-state index in [2.05, 4.69) is 5.32 Å². The molecule has 0 bridgehead atoms. The molecule has 0 radical (unpaired) electrons. The van der Waals surface area contributed by atoms with E-state index in [1.165, 1.54) is 10.5 Å². The number of carbonyl (C=O) groups is 1. The first-order chi connectivity index (χ1) is 10.6. The van der Waals surface area contributed by atoms with Crippen molar-refractivity contribution in [2.75, 3.05) is 11.1 Å². The highest BCUT2D eigenvalue weighted by molar-refractivity contribution is 7.99. The monoisotopic (exact) mass is 333 g/mol. The van der Waals surface area contributed by atoms with Gasteiger partial charge in [0.25, 0.3) is 0 Å². The maximum Gasteiger partial charge on any atom is 0.224 e. The zero-order valence-corrected chi connectivity index (χ0v) is 14.4. The van der Waals surface area contributed by atoms with Gasteiger partial charge in [0.1, 0.15) is 0 Å². The first-order valence-corrected chi connectivity index (χ1v) is 8.67. The lowest BCUT2D eigenvalue weighted by atomic mass is 10.1. The minimum Gasteiger partial charge on any atom is -0.326 e. The highest BCUT2D eigenvalue weighted by atomic mass is 35.5. The number of carbonyl (C=O) groups excluding carboxylic acids is 1. The Morgan fingerprint density at radius 3 is 2.59 bits per heavy atom. The number of benzene rings is 2. The molecule has 1 N–H and O–H groups in total. The minimum absolute atomic E-state index is 0.0745. The molecule has 0 atom stereocenters. The fourth-order valence-corrected chi connectivity index (χ4v) is 3.03. The molecule has 0 heterocycles. The second-order valence-corrected chi connectivity index (χ2v) is 6.81. The van der Waals surface area contributed by atoms with E-state index in [9.17, 15) is 4.79 Å². The number of amides is 1. The van der Waals surface area contributed by atoms with Crippen LogP contribution in [-0.4, -0.2) is 11.7 Å². The summed E-state index contributed by atoms with van der Waals surface area (Å²) in [6.45, 7) is 4.08.